The second-order valence-corrected chi connectivity index (χ2v) is 9.34. The minimum absolute atomic E-state index is 0.0963. The van der Waals surface area contributed by atoms with E-state index in [2.05, 4.69) is 10.6 Å². The van der Waals surface area contributed by atoms with Crippen LogP contribution in [0.5, 0.6) is 5.75 Å². The molecule has 0 heterocycles. The Morgan fingerprint density at radius 2 is 1.66 bits per heavy atom. The molecule has 0 bridgehead atoms. The zero-order valence-electron chi connectivity index (χ0n) is 19.8. The van der Waals surface area contributed by atoms with E-state index in [4.69, 9.17) is 10.5 Å². The van der Waals surface area contributed by atoms with E-state index in [-0.39, 0.29) is 11.7 Å². The SMILES string of the molecule is CSc1ccc(NC(=O)O[C@H](c2ccc(O)cc2)C(C)(C)/C=C/C(=O)Nc2ccccc2N)cc1. The Kier molecular flexibility index (Phi) is 8.43. The average molecular weight is 492 g/mol. The molecule has 0 spiro atoms. The molecule has 0 radical (unpaired) electrons. The van der Waals surface area contributed by atoms with Crippen molar-refractivity contribution in [3.05, 3.63) is 90.5 Å². The summed E-state index contributed by atoms with van der Waals surface area (Å²) in [5.74, 6) is -0.266. The molecule has 8 heteroatoms. The number of hydrogen-bond donors (Lipinski definition) is 4. The lowest BCUT2D eigenvalue weighted by Crippen LogP contribution is -2.28. The average Bonchev–Trinajstić information content (AvgIpc) is 2.84. The number of phenolic OH excluding ortho intramolecular Hbond substituents is 1. The normalized spacial score (nSPS) is 12.2. The van der Waals surface area contributed by atoms with E-state index in [1.165, 1.54) is 18.2 Å². The number of phenols is 1. The van der Waals surface area contributed by atoms with Crippen molar-refractivity contribution < 1.29 is 19.4 Å². The topological polar surface area (TPSA) is 114 Å². The van der Waals surface area contributed by atoms with E-state index in [1.54, 1.807) is 66.4 Å². The number of rotatable bonds is 8. The molecule has 0 aliphatic rings. The van der Waals surface area contributed by atoms with Crippen LogP contribution in [0.15, 0.2) is 89.8 Å². The van der Waals surface area contributed by atoms with Gasteiger partial charge in [-0.25, -0.2) is 4.79 Å². The van der Waals surface area contributed by atoms with Gasteiger partial charge in [-0.1, -0.05) is 44.2 Å². The van der Waals surface area contributed by atoms with Gasteiger partial charge in [0.1, 0.15) is 11.9 Å². The second-order valence-electron chi connectivity index (χ2n) is 8.46. The van der Waals surface area contributed by atoms with Crippen LogP contribution in [0.1, 0.15) is 25.5 Å². The van der Waals surface area contributed by atoms with E-state index >= 15 is 0 Å². The van der Waals surface area contributed by atoms with Gasteiger partial charge >= 0.3 is 6.09 Å². The van der Waals surface area contributed by atoms with Gasteiger partial charge in [-0.15, -0.1) is 11.8 Å². The first-order valence-corrected chi connectivity index (χ1v) is 12.2. The number of nitrogens with one attached hydrogen (secondary N) is 2. The summed E-state index contributed by atoms with van der Waals surface area (Å²) in [4.78, 5) is 26.4. The van der Waals surface area contributed by atoms with Crippen molar-refractivity contribution in [3.63, 3.8) is 0 Å². The molecule has 5 N–H and O–H groups in total. The van der Waals surface area contributed by atoms with Crippen LogP contribution in [0, 0.1) is 5.41 Å². The van der Waals surface area contributed by atoms with E-state index in [0.717, 1.165) is 4.90 Å². The molecule has 0 fully saturated rings. The highest BCUT2D eigenvalue weighted by Gasteiger charge is 2.32. The molecule has 7 nitrogen and oxygen atoms in total. The van der Waals surface area contributed by atoms with Crippen molar-refractivity contribution in [1.82, 2.24) is 0 Å². The molecule has 3 rings (SSSR count). The Morgan fingerprint density at radius 3 is 2.29 bits per heavy atom. The standard InChI is InChI=1S/C27H29N3O4S/c1-27(2,17-16-24(32)30-23-7-5-4-6-22(23)28)25(18-8-12-20(31)13-9-18)34-26(33)29-19-10-14-21(35-3)15-11-19/h4-17,25,31H,28H2,1-3H3,(H,29,33)(H,30,32)/b17-16+/t25-/m1/s1. The number of amides is 2. The van der Waals surface area contributed by atoms with Crippen molar-refractivity contribution in [2.75, 3.05) is 22.6 Å². The van der Waals surface area contributed by atoms with Gasteiger partial charge in [-0.3, -0.25) is 10.1 Å². The number of nitrogen functional groups attached to an aromatic ring is 1. The molecule has 3 aromatic rings. The zero-order valence-corrected chi connectivity index (χ0v) is 20.6. The molecular weight excluding hydrogens is 462 g/mol. The van der Waals surface area contributed by atoms with Crippen molar-refractivity contribution in [1.29, 1.82) is 0 Å². The highest BCUT2D eigenvalue weighted by molar-refractivity contribution is 7.98. The van der Waals surface area contributed by atoms with E-state index in [1.807, 2.05) is 32.2 Å². The van der Waals surface area contributed by atoms with Crippen LogP contribution in [-0.2, 0) is 9.53 Å². The summed E-state index contributed by atoms with van der Waals surface area (Å²) in [5.41, 5.74) is 7.35. The first-order valence-electron chi connectivity index (χ1n) is 10.9. The van der Waals surface area contributed by atoms with Crippen molar-refractivity contribution >= 4 is 40.8 Å². The number of thioether (sulfide) groups is 1. The Balaban J connectivity index is 1.78. The fraction of sp³-hybridized carbons (Fsp3) is 0.185. The summed E-state index contributed by atoms with van der Waals surface area (Å²) in [6.45, 7) is 3.71. The largest absolute Gasteiger partial charge is 0.508 e. The predicted octanol–water partition coefficient (Wildman–Crippen LogP) is 6.21. The van der Waals surface area contributed by atoms with Gasteiger partial charge in [-0.05, 0) is 66.4 Å². The maximum absolute atomic E-state index is 12.8. The van der Waals surface area contributed by atoms with Crippen molar-refractivity contribution in [2.45, 2.75) is 24.8 Å². The maximum atomic E-state index is 12.8. The smallest absolute Gasteiger partial charge is 0.412 e. The lowest BCUT2D eigenvalue weighted by Gasteiger charge is -2.31. The van der Waals surface area contributed by atoms with Crippen LogP contribution < -0.4 is 16.4 Å². The Morgan fingerprint density at radius 1 is 1.00 bits per heavy atom. The van der Waals surface area contributed by atoms with Gasteiger partial charge in [0, 0.05) is 16.0 Å². The van der Waals surface area contributed by atoms with Gasteiger partial charge < -0.3 is 20.9 Å². The lowest BCUT2D eigenvalue weighted by atomic mass is 9.82. The molecule has 35 heavy (non-hydrogen) atoms. The third kappa shape index (κ3) is 7.28. The number of carbonyl (C=O) groups excluding carboxylic acids is 2. The molecular formula is C27H29N3O4S. The molecule has 0 saturated heterocycles. The Labute approximate surface area is 209 Å². The number of anilines is 3. The maximum Gasteiger partial charge on any atom is 0.412 e. The summed E-state index contributed by atoms with van der Waals surface area (Å²) in [6, 6.07) is 20.8. The Hall–Kier alpha value is -3.91. The Bertz CT molecular complexity index is 1190. The van der Waals surface area contributed by atoms with Crippen LogP contribution >= 0.6 is 11.8 Å². The molecule has 1 atom stereocenters. The van der Waals surface area contributed by atoms with Gasteiger partial charge in [0.2, 0.25) is 5.91 Å². The second kappa shape index (κ2) is 11.5. The lowest BCUT2D eigenvalue weighted by molar-refractivity contribution is -0.112. The molecule has 0 aliphatic carbocycles. The number of benzene rings is 3. The van der Waals surface area contributed by atoms with Gasteiger partial charge in [0.15, 0.2) is 0 Å². The first-order chi connectivity index (χ1) is 16.7. The molecule has 0 saturated carbocycles. The minimum atomic E-state index is -0.781. The van der Waals surface area contributed by atoms with Crippen molar-refractivity contribution in [2.24, 2.45) is 5.41 Å². The molecule has 182 valence electrons. The fourth-order valence-electron chi connectivity index (χ4n) is 3.39. The fourth-order valence-corrected chi connectivity index (χ4v) is 3.80. The third-order valence-electron chi connectivity index (χ3n) is 5.32. The van der Waals surface area contributed by atoms with Crippen LogP contribution in [0.2, 0.25) is 0 Å². The van der Waals surface area contributed by atoms with E-state index in [9.17, 15) is 14.7 Å². The minimum Gasteiger partial charge on any atom is -0.508 e. The van der Waals surface area contributed by atoms with Crippen molar-refractivity contribution in [3.8, 4) is 5.75 Å². The highest BCUT2D eigenvalue weighted by atomic mass is 32.2. The monoisotopic (exact) mass is 491 g/mol. The molecule has 0 aromatic heterocycles. The van der Waals surface area contributed by atoms with Crippen LogP contribution in [0.3, 0.4) is 0 Å². The zero-order chi connectivity index (χ0) is 25.4. The number of ether oxygens (including phenoxy) is 1. The summed E-state index contributed by atoms with van der Waals surface area (Å²) < 4.78 is 5.83. The number of carbonyl (C=O) groups is 2. The quantitative estimate of drug-likeness (QED) is 0.169. The van der Waals surface area contributed by atoms with Gasteiger partial charge in [0.25, 0.3) is 0 Å². The number of para-hydroxylation sites is 2. The summed E-state index contributed by atoms with van der Waals surface area (Å²) >= 11 is 1.61. The van der Waals surface area contributed by atoms with Gasteiger partial charge in [0.05, 0.1) is 11.4 Å². The molecule has 0 unspecified atom stereocenters. The van der Waals surface area contributed by atoms with Gasteiger partial charge in [-0.2, -0.15) is 0 Å². The molecule has 2 amide bonds. The number of aromatic hydroxyl groups is 1. The third-order valence-corrected chi connectivity index (χ3v) is 6.06. The predicted molar refractivity (Wildman–Crippen MR) is 142 cm³/mol. The molecule has 3 aromatic carbocycles. The number of hydrogen-bond acceptors (Lipinski definition) is 6. The summed E-state index contributed by atoms with van der Waals surface area (Å²) in [7, 11) is 0. The van der Waals surface area contributed by atoms with Crippen LogP contribution in [0.25, 0.3) is 0 Å². The first kappa shape index (κ1) is 25.7. The molecule has 0 aliphatic heterocycles. The highest BCUT2D eigenvalue weighted by Crippen LogP contribution is 2.39. The summed E-state index contributed by atoms with van der Waals surface area (Å²) in [5, 5.41) is 15.2. The van der Waals surface area contributed by atoms with Crippen LogP contribution in [-0.4, -0.2) is 23.4 Å². The van der Waals surface area contributed by atoms with Crippen LogP contribution in [0.4, 0.5) is 21.9 Å². The van der Waals surface area contributed by atoms with E-state index < -0.39 is 17.6 Å². The van der Waals surface area contributed by atoms with E-state index in [0.29, 0.717) is 22.6 Å². The number of nitrogens with two attached hydrogens (primary N) is 1. The summed E-state index contributed by atoms with van der Waals surface area (Å²) in [6.07, 6.45) is 3.66.